The van der Waals surface area contributed by atoms with E-state index in [1.165, 1.54) is 0 Å². The van der Waals surface area contributed by atoms with Gasteiger partial charge in [0.2, 0.25) is 5.91 Å². The van der Waals surface area contributed by atoms with Gasteiger partial charge in [-0.15, -0.1) is 0 Å². The van der Waals surface area contributed by atoms with E-state index >= 15 is 0 Å². The molecule has 0 saturated carbocycles. The molecule has 1 aromatic rings. The number of halogens is 1. The van der Waals surface area contributed by atoms with E-state index in [2.05, 4.69) is 35.8 Å². The molecule has 1 amide bonds. The number of carbonyl (C=O) groups excluding carboxylic acids is 1. The molecule has 0 aliphatic carbocycles. The van der Waals surface area contributed by atoms with Gasteiger partial charge >= 0.3 is 0 Å². The first-order chi connectivity index (χ1) is 10.0. The molecule has 1 N–H and O–H groups in total. The smallest absolute Gasteiger partial charge is 0.227 e. The van der Waals surface area contributed by atoms with Crippen LogP contribution in [0, 0.1) is 12.8 Å². The van der Waals surface area contributed by atoms with Gasteiger partial charge in [-0.1, -0.05) is 29.8 Å². The van der Waals surface area contributed by atoms with E-state index in [4.69, 9.17) is 0 Å². The second-order valence-electron chi connectivity index (χ2n) is 7.66. The predicted octanol–water partition coefficient (Wildman–Crippen LogP) is 4.48. The summed E-state index contributed by atoms with van der Waals surface area (Å²) < 4.78 is 1.06. The van der Waals surface area contributed by atoms with E-state index in [-0.39, 0.29) is 10.9 Å². The zero-order valence-corrected chi connectivity index (χ0v) is 16.7. The van der Waals surface area contributed by atoms with E-state index in [0.717, 1.165) is 28.7 Å². The van der Waals surface area contributed by atoms with Gasteiger partial charge in [-0.25, -0.2) is 0 Å². The summed E-state index contributed by atoms with van der Waals surface area (Å²) in [6, 6.07) is 6.05. The first kappa shape index (κ1) is 17.7. The topological polar surface area (TPSA) is 40.5 Å². The van der Waals surface area contributed by atoms with Crippen molar-refractivity contribution < 1.29 is 9.59 Å². The molecule has 122 valence electrons. The van der Waals surface area contributed by atoms with Gasteiger partial charge in [0.05, 0.1) is 0 Å². The number of aryl methyl sites for hydroxylation is 1. The number of carbonyl (C=O) groups is 1. The van der Waals surface area contributed by atoms with Crippen molar-refractivity contribution in [1.29, 1.82) is 0 Å². The molecule has 1 aromatic carbocycles. The Morgan fingerprint density at radius 1 is 1.41 bits per heavy atom. The number of rotatable bonds is 4. The summed E-state index contributed by atoms with van der Waals surface area (Å²) in [6.07, 6.45) is 1.49. The van der Waals surface area contributed by atoms with Crippen LogP contribution in [-0.2, 0) is 4.79 Å². The van der Waals surface area contributed by atoms with Gasteiger partial charge in [0.1, 0.15) is 0 Å². The molecule has 0 spiro atoms. The Morgan fingerprint density at radius 2 is 2.05 bits per heavy atom. The molecule has 1 heterocycles. The van der Waals surface area contributed by atoms with E-state index in [1.807, 2.05) is 37.1 Å². The highest BCUT2D eigenvalue weighted by atomic mass is 79.9. The Labute approximate surface area is 143 Å². The van der Waals surface area contributed by atoms with Crippen molar-refractivity contribution in [2.24, 2.45) is 5.92 Å². The summed E-state index contributed by atoms with van der Waals surface area (Å²) in [7, 11) is -2.23. The molecule has 22 heavy (non-hydrogen) atoms. The van der Waals surface area contributed by atoms with Gasteiger partial charge in [0, 0.05) is 23.1 Å². The number of anilines is 1. The highest BCUT2D eigenvalue weighted by Crippen LogP contribution is 2.44. The summed E-state index contributed by atoms with van der Waals surface area (Å²) in [6.45, 7) is 11.0. The maximum Gasteiger partial charge on any atom is 0.227 e. The number of hydrogen-bond donors (Lipinski definition) is 1. The van der Waals surface area contributed by atoms with Crippen LogP contribution < -0.4 is 4.90 Å². The molecule has 0 radical (unpaired) electrons. The minimum atomic E-state index is -2.23. The second-order valence-corrected chi connectivity index (χ2v) is 13.0. The van der Waals surface area contributed by atoms with Crippen molar-refractivity contribution in [3.63, 3.8) is 0 Å². The molecule has 5 heteroatoms. The summed E-state index contributed by atoms with van der Waals surface area (Å²) >= 11 is 3.50. The normalized spacial score (nSPS) is 19.9. The average Bonchev–Trinajstić information content (AvgIpc) is 2.71. The molecule has 0 unspecified atom stereocenters. The second kappa shape index (κ2) is 6.10. The summed E-state index contributed by atoms with van der Waals surface area (Å²) in [5.74, 6) is 0.519. The monoisotopic (exact) mass is 383 g/mol. The third-order valence-corrected chi connectivity index (χ3v) is 9.52. The Kier molecular flexibility index (Phi) is 4.90. The lowest BCUT2D eigenvalue weighted by Gasteiger charge is -2.36. The van der Waals surface area contributed by atoms with Crippen LogP contribution in [0.4, 0.5) is 5.69 Å². The number of amides is 1. The van der Waals surface area contributed by atoms with Crippen molar-refractivity contribution in [2.75, 3.05) is 11.4 Å². The molecular formula is C17H26BrNO2Si. The highest BCUT2D eigenvalue weighted by molar-refractivity contribution is 9.10. The van der Waals surface area contributed by atoms with Crippen LogP contribution in [0.3, 0.4) is 0 Å². The summed E-state index contributed by atoms with van der Waals surface area (Å²) in [4.78, 5) is 24.7. The van der Waals surface area contributed by atoms with Crippen LogP contribution in [0.15, 0.2) is 22.7 Å². The van der Waals surface area contributed by atoms with Crippen molar-refractivity contribution >= 4 is 35.8 Å². The SMILES string of the molecule is Cc1cc(N2C[C@H](CC(C)(C)[Si](C)(C)O)CC2=O)ccc1Br. The molecule has 2 rings (SSSR count). The van der Waals surface area contributed by atoms with Crippen molar-refractivity contribution in [1.82, 2.24) is 0 Å². The zero-order chi connectivity index (χ0) is 16.7. The van der Waals surface area contributed by atoms with Crippen LogP contribution in [0.5, 0.6) is 0 Å². The number of benzene rings is 1. The Morgan fingerprint density at radius 3 is 2.59 bits per heavy atom. The Bertz CT molecular complexity index is 581. The lowest BCUT2D eigenvalue weighted by molar-refractivity contribution is -0.117. The minimum absolute atomic E-state index is 0.0798. The maximum atomic E-state index is 12.4. The molecule has 0 bridgehead atoms. The van der Waals surface area contributed by atoms with Crippen LogP contribution in [-0.4, -0.2) is 25.6 Å². The Balaban J connectivity index is 2.13. The molecule has 0 aromatic heterocycles. The zero-order valence-electron chi connectivity index (χ0n) is 14.1. The first-order valence-electron chi connectivity index (χ1n) is 7.80. The quantitative estimate of drug-likeness (QED) is 0.778. The highest BCUT2D eigenvalue weighted by Gasteiger charge is 2.42. The van der Waals surface area contributed by atoms with Crippen molar-refractivity contribution in [3.05, 3.63) is 28.2 Å². The van der Waals surface area contributed by atoms with Gasteiger partial charge in [-0.05, 0) is 61.2 Å². The van der Waals surface area contributed by atoms with E-state index in [0.29, 0.717) is 12.3 Å². The molecular weight excluding hydrogens is 358 g/mol. The third-order valence-electron chi connectivity index (χ3n) is 5.11. The van der Waals surface area contributed by atoms with Crippen LogP contribution in [0.25, 0.3) is 0 Å². The minimum Gasteiger partial charge on any atom is -0.432 e. The number of nitrogens with zero attached hydrogens (tertiary/aromatic N) is 1. The van der Waals surface area contributed by atoms with Crippen molar-refractivity contribution in [3.8, 4) is 0 Å². The average molecular weight is 384 g/mol. The third kappa shape index (κ3) is 3.63. The maximum absolute atomic E-state index is 12.4. The van der Waals surface area contributed by atoms with Gasteiger partial charge in [-0.3, -0.25) is 4.79 Å². The summed E-state index contributed by atoms with van der Waals surface area (Å²) in [5, 5.41) is -0.0798. The fourth-order valence-electron chi connectivity index (χ4n) is 2.94. The van der Waals surface area contributed by atoms with Crippen LogP contribution in [0.1, 0.15) is 32.3 Å². The van der Waals surface area contributed by atoms with Crippen molar-refractivity contribution in [2.45, 2.75) is 51.7 Å². The fourth-order valence-corrected chi connectivity index (χ4v) is 3.97. The largest absolute Gasteiger partial charge is 0.432 e. The van der Waals surface area contributed by atoms with E-state index in [9.17, 15) is 9.59 Å². The summed E-state index contributed by atoms with van der Waals surface area (Å²) in [5.41, 5.74) is 2.12. The number of hydrogen-bond acceptors (Lipinski definition) is 2. The van der Waals surface area contributed by atoms with Gasteiger partial charge in [-0.2, -0.15) is 0 Å². The van der Waals surface area contributed by atoms with Crippen LogP contribution >= 0.6 is 15.9 Å². The molecule has 1 atom stereocenters. The molecule has 1 fully saturated rings. The Hall–Kier alpha value is -0.653. The van der Waals surface area contributed by atoms with Gasteiger partial charge in [0.15, 0.2) is 8.32 Å². The predicted molar refractivity (Wildman–Crippen MR) is 97.7 cm³/mol. The fraction of sp³-hybridized carbons (Fsp3) is 0.588. The van der Waals surface area contributed by atoms with Gasteiger partial charge < -0.3 is 9.70 Å². The lowest BCUT2D eigenvalue weighted by Crippen LogP contribution is -2.40. The van der Waals surface area contributed by atoms with E-state index in [1.54, 1.807) is 0 Å². The molecule has 1 aliphatic heterocycles. The van der Waals surface area contributed by atoms with E-state index < -0.39 is 8.32 Å². The molecule has 3 nitrogen and oxygen atoms in total. The lowest BCUT2D eigenvalue weighted by atomic mass is 9.95. The standard InChI is InChI=1S/C17H26BrNO2Si/c1-12-8-14(6-7-15(12)18)19-11-13(9-16(19)20)10-17(2,3)22(4,5)21/h6-8,13,21H,9-11H2,1-5H3/t13-/m0/s1. The molecule has 1 saturated heterocycles. The molecule has 1 aliphatic rings. The van der Waals surface area contributed by atoms with Gasteiger partial charge in [0.25, 0.3) is 0 Å². The van der Waals surface area contributed by atoms with Crippen LogP contribution in [0.2, 0.25) is 18.1 Å². The first-order valence-corrected chi connectivity index (χ1v) is 11.5.